The fraction of sp³-hybridized carbons (Fsp3) is 0.556. The van der Waals surface area contributed by atoms with Crippen LogP contribution in [0, 0.1) is 0 Å². The zero-order valence-electron chi connectivity index (χ0n) is 9.33. The van der Waals surface area contributed by atoms with Crippen LogP contribution in [0.5, 0.6) is 0 Å². The predicted octanol–water partition coefficient (Wildman–Crippen LogP) is 2.13. The summed E-state index contributed by atoms with van der Waals surface area (Å²) in [5, 5.41) is 27.9. The Morgan fingerprint density at radius 2 is 1.50 bits per heavy atom. The lowest BCUT2D eigenvalue weighted by molar-refractivity contribution is 0.135. The van der Waals surface area contributed by atoms with Crippen LogP contribution in [0.2, 0.25) is 0 Å². The summed E-state index contributed by atoms with van der Waals surface area (Å²) >= 11 is 0. The van der Waals surface area contributed by atoms with Gasteiger partial charge in [-0.1, -0.05) is 12.2 Å². The third kappa shape index (κ3) is 147. The van der Waals surface area contributed by atoms with E-state index < -0.39 is 12.3 Å². The van der Waals surface area contributed by atoms with E-state index in [1.165, 1.54) is 0 Å². The maximum absolute atomic E-state index is 8.56. The van der Waals surface area contributed by atoms with Crippen LogP contribution in [0.4, 0.5) is 9.59 Å². The highest BCUT2D eigenvalue weighted by molar-refractivity contribution is 5.53. The minimum Gasteiger partial charge on any atom is -0.450 e. The first-order chi connectivity index (χ1) is 7.23. The molecule has 0 saturated heterocycles. The lowest BCUT2D eigenvalue weighted by Gasteiger charge is -1.98. The van der Waals surface area contributed by atoms with E-state index in [1.54, 1.807) is 0 Å². The molecule has 0 aliphatic heterocycles. The highest BCUT2D eigenvalue weighted by Crippen LogP contribution is 1.93. The van der Waals surface area contributed by atoms with Crippen LogP contribution in [0.3, 0.4) is 0 Å². The largest absolute Gasteiger partial charge is 0.503 e. The summed E-state index contributed by atoms with van der Waals surface area (Å²) in [6.07, 6.45) is 2.75. The summed E-state index contributed by atoms with van der Waals surface area (Å²) in [6, 6.07) is 0.353. The van der Waals surface area contributed by atoms with Gasteiger partial charge in [0.05, 0.1) is 0 Å². The summed E-state index contributed by atoms with van der Waals surface area (Å²) in [5.74, 6) is 0. The monoisotopic (exact) mass is 237 g/mol. The molecule has 7 heteroatoms. The maximum Gasteiger partial charge on any atom is 0.503 e. The Morgan fingerprint density at radius 1 is 1.19 bits per heavy atom. The predicted molar refractivity (Wildman–Crippen MR) is 59.0 cm³/mol. The molecule has 0 saturated carbocycles. The normalized spacial score (nSPS) is 10.4. The van der Waals surface area contributed by atoms with Gasteiger partial charge in [0, 0.05) is 6.04 Å². The molecular formula is C9H19NO6. The summed E-state index contributed by atoms with van der Waals surface area (Å²) in [6.45, 7) is 4.06. The second kappa shape index (κ2) is 15.7. The quantitative estimate of drug-likeness (QED) is 0.473. The molecule has 0 heterocycles. The van der Waals surface area contributed by atoms with E-state index in [4.69, 9.17) is 35.7 Å². The molecule has 0 amide bonds. The Morgan fingerprint density at radius 3 is 1.69 bits per heavy atom. The zero-order chi connectivity index (χ0) is 13.6. The van der Waals surface area contributed by atoms with Gasteiger partial charge in [-0.25, -0.2) is 9.59 Å². The summed E-state index contributed by atoms with van der Waals surface area (Å²) in [4.78, 5) is 17.1. The van der Waals surface area contributed by atoms with Crippen molar-refractivity contribution in [2.24, 2.45) is 5.73 Å². The molecule has 0 fully saturated rings. The lowest BCUT2D eigenvalue weighted by atomic mass is 10.2. The summed E-state index contributed by atoms with van der Waals surface area (Å²) in [7, 11) is 0. The van der Waals surface area contributed by atoms with Gasteiger partial charge in [-0.15, -0.1) is 0 Å². The van der Waals surface area contributed by atoms with E-state index in [-0.39, 0.29) is 0 Å². The minimum absolute atomic E-state index is 0.353. The summed E-state index contributed by atoms with van der Waals surface area (Å²) in [5.41, 5.74) is 5.50. The van der Waals surface area contributed by atoms with E-state index in [9.17, 15) is 0 Å². The van der Waals surface area contributed by atoms with Crippen LogP contribution < -0.4 is 5.73 Å². The van der Waals surface area contributed by atoms with Crippen molar-refractivity contribution in [3.05, 3.63) is 12.2 Å². The van der Waals surface area contributed by atoms with Gasteiger partial charge in [0.15, 0.2) is 0 Å². The molecule has 0 aromatic rings. The van der Waals surface area contributed by atoms with Crippen molar-refractivity contribution in [1.82, 2.24) is 0 Å². The first kappa shape index (κ1) is 19.8. The molecule has 0 aliphatic rings. The number of hydrogen-bond acceptors (Lipinski definition) is 3. The van der Waals surface area contributed by atoms with Crippen LogP contribution in [-0.4, -0.2) is 38.8 Å². The van der Waals surface area contributed by atoms with Crippen molar-refractivity contribution >= 4 is 12.3 Å². The van der Waals surface area contributed by atoms with Crippen LogP contribution in [0.15, 0.2) is 12.2 Å². The number of carbonyl (C=O) groups is 2. The number of allylic oxidation sites excluding steroid dienone is 2. The zero-order valence-corrected chi connectivity index (χ0v) is 9.33. The van der Waals surface area contributed by atoms with Gasteiger partial charge < -0.3 is 26.2 Å². The van der Waals surface area contributed by atoms with Crippen LogP contribution in [0.25, 0.3) is 0 Å². The van der Waals surface area contributed by atoms with E-state index >= 15 is 0 Å². The second-order valence-corrected chi connectivity index (χ2v) is 2.69. The Hall–Kier alpha value is -1.76. The molecule has 7 nitrogen and oxygen atoms in total. The van der Waals surface area contributed by atoms with Crippen molar-refractivity contribution < 1.29 is 30.0 Å². The van der Waals surface area contributed by atoms with E-state index in [2.05, 4.69) is 12.2 Å². The van der Waals surface area contributed by atoms with E-state index in [1.807, 2.05) is 13.8 Å². The van der Waals surface area contributed by atoms with E-state index in [0.717, 1.165) is 12.8 Å². The molecule has 16 heavy (non-hydrogen) atoms. The highest BCUT2D eigenvalue weighted by atomic mass is 16.6. The van der Waals surface area contributed by atoms with Gasteiger partial charge in [0.25, 0.3) is 0 Å². The fourth-order valence-electron chi connectivity index (χ4n) is 0.526. The first-order valence-electron chi connectivity index (χ1n) is 4.44. The average Bonchev–Trinajstić information content (AvgIpc) is 2.01. The first-order valence-corrected chi connectivity index (χ1v) is 4.44. The van der Waals surface area contributed by atoms with Crippen LogP contribution in [-0.2, 0) is 0 Å². The fourth-order valence-corrected chi connectivity index (χ4v) is 0.526. The molecular weight excluding hydrogens is 218 g/mol. The van der Waals surface area contributed by atoms with Gasteiger partial charge in [-0.05, 0) is 26.7 Å². The smallest absolute Gasteiger partial charge is 0.450 e. The number of hydrogen-bond donors (Lipinski definition) is 5. The molecule has 96 valence electrons. The molecule has 6 N–H and O–H groups in total. The number of rotatable bonds is 3. The molecule has 0 aromatic carbocycles. The third-order valence-corrected chi connectivity index (χ3v) is 1.02. The van der Waals surface area contributed by atoms with Gasteiger partial charge >= 0.3 is 12.3 Å². The third-order valence-electron chi connectivity index (χ3n) is 1.02. The Bertz CT molecular complexity index is 182. The summed E-state index contributed by atoms with van der Waals surface area (Å²) < 4.78 is 0. The van der Waals surface area contributed by atoms with Gasteiger partial charge in [0.1, 0.15) is 0 Å². The van der Waals surface area contributed by atoms with Crippen molar-refractivity contribution in [2.45, 2.75) is 32.7 Å². The second-order valence-electron chi connectivity index (χ2n) is 2.69. The Balaban J connectivity index is -0.000000179. The topological polar surface area (TPSA) is 141 Å². The Kier molecular flexibility index (Phi) is 19.4. The van der Waals surface area contributed by atoms with Crippen molar-refractivity contribution in [3.63, 3.8) is 0 Å². The molecule has 1 unspecified atom stereocenters. The molecule has 0 bridgehead atoms. The molecule has 1 atom stereocenters. The maximum atomic E-state index is 8.56. The standard InChI is InChI=1S/C7H15N.2CH2O3/c1-3-4-5-6-7(2)8;2*2-1(3)4/h3-4,7H,5-6,8H2,1-2H3;2*(H2,2,3,4)/b4-3+;;. The SMILES string of the molecule is C/C=C/CCC(C)N.O=C(O)O.O=C(O)O. The highest BCUT2D eigenvalue weighted by Gasteiger charge is 1.87. The molecule has 0 aliphatic carbocycles. The molecule has 0 aromatic heterocycles. The molecule has 0 rings (SSSR count). The van der Waals surface area contributed by atoms with Gasteiger partial charge in [0.2, 0.25) is 0 Å². The Labute approximate surface area is 93.8 Å². The molecule has 0 radical (unpaired) electrons. The molecule has 0 spiro atoms. The number of nitrogens with two attached hydrogens (primary N) is 1. The van der Waals surface area contributed by atoms with Crippen LogP contribution in [0.1, 0.15) is 26.7 Å². The lowest BCUT2D eigenvalue weighted by Crippen LogP contribution is -2.13. The van der Waals surface area contributed by atoms with Gasteiger partial charge in [-0.2, -0.15) is 0 Å². The average molecular weight is 237 g/mol. The minimum atomic E-state index is -1.83. The van der Waals surface area contributed by atoms with Crippen molar-refractivity contribution in [1.29, 1.82) is 0 Å². The van der Waals surface area contributed by atoms with Gasteiger partial charge in [-0.3, -0.25) is 0 Å². The van der Waals surface area contributed by atoms with Crippen molar-refractivity contribution in [3.8, 4) is 0 Å². The van der Waals surface area contributed by atoms with E-state index in [0.29, 0.717) is 6.04 Å². The van der Waals surface area contributed by atoms with Crippen molar-refractivity contribution in [2.75, 3.05) is 0 Å². The number of carboxylic acid groups (broad SMARTS) is 4. The van der Waals surface area contributed by atoms with Crippen LogP contribution >= 0.6 is 0 Å².